The van der Waals surface area contributed by atoms with E-state index in [1.807, 2.05) is 39.0 Å². The molecule has 2 heterocycles. The summed E-state index contributed by atoms with van der Waals surface area (Å²) in [7, 11) is 0.855. The highest BCUT2D eigenvalue weighted by molar-refractivity contribution is 7.90. The summed E-state index contributed by atoms with van der Waals surface area (Å²) in [6.45, 7) is 5.82. The van der Waals surface area contributed by atoms with E-state index in [0.717, 1.165) is 51.9 Å². The molecule has 2 N–H and O–H groups in total. The topological polar surface area (TPSA) is 127 Å². The lowest BCUT2D eigenvalue weighted by atomic mass is 9.81. The molecule has 4 aliphatic rings. The van der Waals surface area contributed by atoms with E-state index in [-0.39, 0.29) is 11.7 Å². The molecule has 1 aromatic heterocycles. The molecule has 1 fully saturated rings. The van der Waals surface area contributed by atoms with Crippen LogP contribution in [0, 0.1) is 5.41 Å². The number of sulfonamides is 1. The van der Waals surface area contributed by atoms with E-state index < -0.39 is 39.2 Å². The average molecular weight is 649 g/mol. The largest absolute Gasteiger partial charge is 0.496 e. The van der Waals surface area contributed by atoms with Crippen LogP contribution in [0.4, 0.5) is 0 Å². The molecule has 3 aliphatic carbocycles. The molecule has 6 rings (SSSR count). The van der Waals surface area contributed by atoms with Gasteiger partial charge >= 0.3 is 11.8 Å². The van der Waals surface area contributed by atoms with E-state index in [1.165, 1.54) is 43.8 Å². The van der Waals surface area contributed by atoms with Crippen molar-refractivity contribution >= 4 is 38.6 Å². The molecule has 246 valence electrons. The molecule has 3 amide bonds. The number of aromatic nitrogens is 1. The van der Waals surface area contributed by atoms with Crippen LogP contribution in [0.3, 0.4) is 0 Å². The van der Waals surface area contributed by atoms with Crippen LogP contribution >= 0.6 is 0 Å². The van der Waals surface area contributed by atoms with Gasteiger partial charge in [-0.25, -0.2) is 13.1 Å². The van der Waals surface area contributed by atoms with Crippen molar-refractivity contribution in [2.45, 2.75) is 83.7 Å². The van der Waals surface area contributed by atoms with Crippen LogP contribution in [0.15, 0.2) is 52.6 Å². The zero-order valence-electron chi connectivity index (χ0n) is 27.5. The Morgan fingerprint density at radius 2 is 1.80 bits per heavy atom. The summed E-state index contributed by atoms with van der Waals surface area (Å²) in [5.74, 6) is -1.42. The second-order valence-electron chi connectivity index (χ2n) is 14.4. The molecular formula is C35H44N4O6S. The van der Waals surface area contributed by atoms with Gasteiger partial charge in [-0.05, 0) is 65.0 Å². The van der Waals surface area contributed by atoms with Crippen molar-refractivity contribution < 1.29 is 27.5 Å². The second-order valence-corrected chi connectivity index (χ2v) is 16.2. The van der Waals surface area contributed by atoms with Crippen LogP contribution in [0.2, 0.25) is 0 Å². The number of nitrogens with zero attached hydrogens (tertiary/aromatic N) is 2. The maximum absolute atomic E-state index is 13.7. The molecule has 46 heavy (non-hydrogen) atoms. The Balaban J connectivity index is 1.51. The number of allylic oxidation sites excluding steroid dienone is 2. The van der Waals surface area contributed by atoms with E-state index in [4.69, 9.17) is 4.74 Å². The Kier molecular flexibility index (Phi) is 8.19. The third-order valence-electron chi connectivity index (χ3n) is 9.50. The van der Waals surface area contributed by atoms with Crippen molar-refractivity contribution in [1.29, 1.82) is 0 Å². The number of hydrogen-bond donors (Lipinski definition) is 2. The van der Waals surface area contributed by atoms with Gasteiger partial charge in [0.1, 0.15) is 5.75 Å². The minimum Gasteiger partial charge on any atom is -0.496 e. The molecule has 0 spiro atoms. The fourth-order valence-corrected chi connectivity index (χ4v) is 9.24. The molecule has 2 atom stereocenters. The molecule has 1 aliphatic heterocycles. The molecule has 11 heteroatoms. The summed E-state index contributed by atoms with van der Waals surface area (Å²) < 4.78 is 36.4. The molecule has 1 saturated carbocycles. The van der Waals surface area contributed by atoms with Gasteiger partial charge in [0.15, 0.2) is 0 Å². The fraction of sp³-hybridized carbons (Fsp3) is 0.514. The summed E-state index contributed by atoms with van der Waals surface area (Å²) in [6, 6.07) is 5.86. The predicted octanol–water partition coefficient (Wildman–Crippen LogP) is 4.43. The van der Waals surface area contributed by atoms with E-state index in [2.05, 4.69) is 26.7 Å². The Hall–Kier alpha value is -3.86. The number of ether oxygens (including phenoxy) is 1. The van der Waals surface area contributed by atoms with Gasteiger partial charge in [0.05, 0.1) is 24.0 Å². The van der Waals surface area contributed by atoms with E-state index >= 15 is 0 Å². The van der Waals surface area contributed by atoms with Gasteiger partial charge in [0.2, 0.25) is 10.0 Å². The Morgan fingerprint density at radius 3 is 2.46 bits per heavy atom. The molecule has 0 saturated heterocycles. The average Bonchev–Trinajstić information content (AvgIpc) is 3.61. The lowest BCUT2D eigenvalue weighted by Gasteiger charge is -2.32. The van der Waals surface area contributed by atoms with E-state index in [9.17, 15) is 22.8 Å². The number of carbonyl (C=O) groups excluding carboxylic acids is 3. The zero-order valence-corrected chi connectivity index (χ0v) is 28.3. The number of hydrogen-bond acceptors (Lipinski definition) is 6. The molecule has 0 radical (unpaired) electrons. The number of rotatable bonds is 6. The lowest BCUT2D eigenvalue weighted by Crippen LogP contribution is -2.47. The third kappa shape index (κ3) is 5.89. The molecule has 1 unspecified atom stereocenters. The maximum atomic E-state index is 13.7. The molecule has 0 bridgehead atoms. The van der Waals surface area contributed by atoms with Gasteiger partial charge < -0.3 is 19.5 Å². The SMILES string of the molecule is COc1ccc(C2CCCCC2)c2c1cc1n2CC2=C(C(=O)NS(=O)(=O)CC(C)(C)C)C2=C2C=CC[C@@H](NC(=O)C(=O)N(C)C)C21. The van der Waals surface area contributed by atoms with Crippen molar-refractivity contribution in [1.82, 2.24) is 19.5 Å². The normalized spacial score (nSPS) is 21.3. The number of methoxy groups -OCH3 is 1. The van der Waals surface area contributed by atoms with Crippen molar-refractivity contribution in [3.63, 3.8) is 0 Å². The van der Waals surface area contributed by atoms with Crippen LogP contribution in [0.25, 0.3) is 10.9 Å². The maximum Gasteiger partial charge on any atom is 0.311 e. The number of carbonyl (C=O) groups is 3. The summed E-state index contributed by atoms with van der Waals surface area (Å²) in [6.07, 6.45) is 10.2. The van der Waals surface area contributed by atoms with Gasteiger partial charge in [-0.3, -0.25) is 14.4 Å². The highest BCUT2D eigenvalue weighted by Gasteiger charge is 2.47. The highest BCUT2D eigenvalue weighted by Crippen LogP contribution is 2.54. The monoisotopic (exact) mass is 648 g/mol. The lowest BCUT2D eigenvalue weighted by molar-refractivity contribution is -0.144. The zero-order chi connectivity index (χ0) is 33.1. The first-order valence-electron chi connectivity index (χ1n) is 16.1. The number of likely N-dealkylation sites (N-methyl/N-ethyl adjacent to an activating group) is 1. The third-order valence-corrected chi connectivity index (χ3v) is 11.2. The van der Waals surface area contributed by atoms with E-state index in [1.54, 1.807) is 7.11 Å². The molecule has 2 aromatic rings. The number of nitrogens with one attached hydrogen (secondary N) is 2. The van der Waals surface area contributed by atoms with Crippen molar-refractivity contribution in [3.8, 4) is 5.75 Å². The number of benzene rings is 1. The van der Waals surface area contributed by atoms with Gasteiger partial charge in [-0.15, -0.1) is 0 Å². The molecular weight excluding hydrogens is 604 g/mol. The quantitative estimate of drug-likeness (QED) is 0.447. The van der Waals surface area contributed by atoms with Crippen molar-refractivity contribution in [3.05, 3.63) is 63.9 Å². The number of amides is 3. The van der Waals surface area contributed by atoms with Crippen molar-refractivity contribution in [2.75, 3.05) is 27.0 Å². The predicted molar refractivity (Wildman–Crippen MR) is 177 cm³/mol. The highest BCUT2D eigenvalue weighted by atomic mass is 32.2. The minimum atomic E-state index is -3.88. The van der Waals surface area contributed by atoms with Crippen LogP contribution < -0.4 is 14.8 Å². The fourth-order valence-electron chi connectivity index (χ4n) is 7.64. The van der Waals surface area contributed by atoms with Gasteiger partial charge in [-0.2, -0.15) is 0 Å². The van der Waals surface area contributed by atoms with Crippen LogP contribution in [0.1, 0.15) is 82.4 Å². The van der Waals surface area contributed by atoms with Crippen LogP contribution in [-0.2, 0) is 31.0 Å². The molecule has 10 nitrogen and oxygen atoms in total. The Morgan fingerprint density at radius 1 is 1.09 bits per heavy atom. The summed E-state index contributed by atoms with van der Waals surface area (Å²) in [5, 5.41) is 3.96. The van der Waals surface area contributed by atoms with Gasteiger partial charge in [0, 0.05) is 43.7 Å². The van der Waals surface area contributed by atoms with Crippen LogP contribution in [0.5, 0.6) is 5.75 Å². The molecule has 1 aromatic carbocycles. The second kappa shape index (κ2) is 11.7. The van der Waals surface area contributed by atoms with E-state index in [0.29, 0.717) is 24.5 Å². The van der Waals surface area contributed by atoms with Gasteiger partial charge in [-0.1, -0.05) is 58.3 Å². The minimum absolute atomic E-state index is 0.187. The first kappa shape index (κ1) is 32.1. The van der Waals surface area contributed by atoms with Crippen LogP contribution in [-0.4, -0.2) is 68.6 Å². The van der Waals surface area contributed by atoms with Gasteiger partial charge in [0.25, 0.3) is 5.91 Å². The van der Waals surface area contributed by atoms with Crippen molar-refractivity contribution in [2.24, 2.45) is 5.41 Å². The first-order chi connectivity index (χ1) is 21.7. The standard InChI is InChI=1S/C35H44N4O6S/c1-35(2,3)19-46(43,44)37-32(40)30-24-18-39-26(17-23-27(45-6)16-15-21(31(23)39)20-11-8-7-9-12-20)29-22(28(24)30)13-10-14-25(29)36-33(41)34(42)38(4)5/h10,13,15-17,20,25,29H,7-9,11-12,14,18-19H2,1-6H3,(H,36,41)(H,37,40)/t25-,29?/m1/s1. The Labute approximate surface area is 271 Å². The summed E-state index contributed by atoms with van der Waals surface area (Å²) >= 11 is 0. The number of fused-ring (bicyclic) bond motifs is 6. The first-order valence-corrected chi connectivity index (χ1v) is 17.8. The smallest absolute Gasteiger partial charge is 0.311 e. The summed E-state index contributed by atoms with van der Waals surface area (Å²) in [5.41, 5.74) is 5.46. The summed E-state index contributed by atoms with van der Waals surface area (Å²) in [4.78, 5) is 40.6. The Bertz CT molecular complexity index is 1830.